The molecule has 0 aliphatic heterocycles. The Morgan fingerprint density at radius 2 is 1.92 bits per heavy atom. The van der Waals surface area contributed by atoms with E-state index in [0.717, 1.165) is 30.0 Å². The third-order valence-electron chi connectivity index (χ3n) is 3.77. The van der Waals surface area contributed by atoms with Crippen LogP contribution < -0.4 is 15.5 Å². The SMILES string of the molecule is CCN(CC)c1ccc(NC(=O)CNC(=O)c2cccs2)c(C)c1. The Morgan fingerprint density at radius 1 is 1.17 bits per heavy atom. The van der Waals surface area contributed by atoms with Crippen molar-refractivity contribution in [3.8, 4) is 0 Å². The highest BCUT2D eigenvalue weighted by atomic mass is 32.1. The molecule has 2 N–H and O–H groups in total. The second kappa shape index (κ2) is 8.49. The second-order valence-corrected chi connectivity index (χ2v) is 6.33. The lowest BCUT2D eigenvalue weighted by molar-refractivity contribution is -0.115. The standard InChI is InChI=1S/C18H23N3O2S/c1-4-21(5-2)14-8-9-15(13(3)11-14)20-17(22)12-19-18(23)16-7-6-10-24-16/h6-11H,4-5,12H2,1-3H3,(H,19,23)(H,20,22). The fourth-order valence-corrected chi connectivity index (χ4v) is 3.06. The van der Waals surface area contributed by atoms with E-state index >= 15 is 0 Å². The normalized spacial score (nSPS) is 10.3. The molecule has 2 amide bonds. The Balaban J connectivity index is 1.93. The van der Waals surface area contributed by atoms with Gasteiger partial charge in [-0.15, -0.1) is 11.3 Å². The number of hydrogen-bond acceptors (Lipinski definition) is 4. The predicted octanol–water partition coefficient (Wildman–Crippen LogP) is 3.27. The summed E-state index contributed by atoms with van der Waals surface area (Å²) in [6, 6.07) is 9.50. The summed E-state index contributed by atoms with van der Waals surface area (Å²) in [5.74, 6) is -0.465. The Labute approximate surface area is 146 Å². The van der Waals surface area contributed by atoms with E-state index in [1.165, 1.54) is 11.3 Å². The summed E-state index contributed by atoms with van der Waals surface area (Å²) >= 11 is 1.35. The Hall–Kier alpha value is -2.34. The van der Waals surface area contributed by atoms with Crippen molar-refractivity contribution in [3.63, 3.8) is 0 Å². The quantitative estimate of drug-likeness (QED) is 0.809. The highest BCUT2D eigenvalue weighted by molar-refractivity contribution is 7.12. The number of benzene rings is 1. The van der Waals surface area contributed by atoms with E-state index in [-0.39, 0.29) is 18.4 Å². The summed E-state index contributed by atoms with van der Waals surface area (Å²) in [5, 5.41) is 7.30. The zero-order valence-electron chi connectivity index (χ0n) is 14.3. The number of anilines is 2. The van der Waals surface area contributed by atoms with Crippen molar-refractivity contribution in [3.05, 3.63) is 46.2 Å². The molecule has 0 atom stereocenters. The van der Waals surface area contributed by atoms with Gasteiger partial charge >= 0.3 is 0 Å². The first kappa shape index (κ1) is 18.0. The van der Waals surface area contributed by atoms with Crippen LogP contribution in [0.5, 0.6) is 0 Å². The lowest BCUT2D eigenvalue weighted by Gasteiger charge is -2.22. The van der Waals surface area contributed by atoms with Crippen LogP contribution in [0.2, 0.25) is 0 Å². The third kappa shape index (κ3) is 4.58. The maximum Gasteiger partial charge on any atom is 0.261 e. The highest BCUT2D eigenvalue weighted by Gasteiger charge is 2.10. The van der Waals surface area contributed by atoms with Crippen LogP contribution in [-0.4, -0.2) is 31.4 Å². The molecule has 0 bridgehead atoms. The molecule has 6 heteroatoms. The average molecular weight is 345 g/mol. The van der Waals surface area contributed by atoms with Crippen LogP contribution in [0.1, 0.15) is 29.1 Å². The Kier molecular flexibility index (Phi) is 6.37. The maximum absolute atomic E-state index is 12.0. The minimum Gasteiger partial charge on any atom is -0.372 e. The zero-order valence-corrected chi connectivity index (χ0v) is 15.1. The van der Waals surface area contributed by atoms with Crippen molar-refractivity contribution in [2.75, 3.05) is 29.9 Å². The van der Waals surface area contributed by atoms with Gasteiger partial charge < -0.3 is 15.5 Å². The van der Waals surface area contributed by atoms with Crippen molar-refractivity contribution < 1.29 is 9.59 Å². The van der Waals surface area contributed by atoms with Gasteiger partial charge in [-0.1, -0.05) is 6.07 Å². The topological polar surface area (TPSA) is 61.4 Å². The molecule has 128 valence electrons. The van der Waals surface area contributed by atoms with Gasteiger partial charge in [0, 0.05) is 24.5 Å². The fraction of sp³-hybridized carbons (Fsp3) is 0.333. The summed E-state index contributed by atoms with van der Waals surface area (Å²) in [7, 11) is 0. The number of aryl methyl sites for hydroxylation is 1. The molecular formula is C18H23N3O2S. The van der Waals surface area contributed by atoms with Crippen molar-refractivity contribution in [1.82, 2.24) is 5.32 Å². The molecule has 0 fully saturated rings. The number of carbonyl (C=O) groups excluding carboxylic acids is 2. The van der Waals surface area contributed by atoms with Crippen LogP contribution in [0.4, 0.5) is 11.4 Å². The van der Waals surface area contributed by atoms with E-state index in [2.05, 4.69) is 35.4 Å². The summed E-state index contributed by atoms with van der Waals surface area (Å²) in [6.45, 7) is 8.03. The largest absolute Gasteiger partial charge is 0.372 e. The zero-order chi connectivity index (χ0) is 17.5. The molecule has 0 radical (unpaired) electrons. The van der Waals surface area contributed by atoms with Crippen molar-refractivity contribution in [2.45, 2.75) is 20.8 Å². The van der Waals surface area contributed by atoms with Gasteiger partial charge in [0.15, 0.2) is 0 Å². The molecule has 0 unspecified atom stereocenters. The number of thiophene rings is 1. The summed E-state index contributed by atoms with van der Waals surface area (Å²) in [4.78, 5) is 26.7. The van der Waals surface area contributed by atoms with Crippen LogP contribution in [0.3, 0.4) is 0 Å². The smallest absolute Gasteiger partial charge is 0.261 e. The van der Waals surface area contributed by atoms with E-state index in [1.54, 1.807) is 12.1 Å². The van der Waals surface area contributed by atoms with Gasteiger partial charge in [-0.2, -0.15) is 0 Å². The Morgan fingerprint density at radius 3 is 2.50 bits per heavy atom. The first-order valence-electron chi connectivity index (χ1n) is 8.02. The lowest BCUT2D eigenvalue weighted by atomic mass is 10.1. The van der Waals surface area contributed by atoms with Crippen LogP contribution in [0.25, 0.3) is 0 Å². The molecule has 2 aromatic rings. The number of hydrogen-bond donors (Lipinski definition) is 2. The van der Waals surface area contributed by atoms with E-state index in [4.69, 9.17) is 0 Å². The monoisotopic (exact) mass is 345 g/mol. The molecule has 1 aromatic carbocycles. The predicted molar refractivity (Wildman–Crippen MR) is 100 cm³/mol. The second-order valence-electron chi connectivity index (χ2n) is 5.38. The first-order valence-corrected chi connectivity index (χ1v) is 8.90. The number of nitrogens with one attached hydrogen (secondary N) is 2. The van der Waals surface area contributed by atoms with Crippen LogP contribution in [0.15, 0.2) is 35.7 Å². The van der Waals surface area contributed by atoms with E-state index in [1.807, 2.05) is 24.4 Å². The molecule has 0 spiro atoms. The molecule has 24 heavy (non-hydrogen) atoms. The summed E-state index contributed by atoms with van der Waals surface area (Å²) in [6.07, 6.45) is 0. The van der Waals surface area contributed by atoms with E-state index in [9.17, 15) is 9.59 Å². The molecular weight excluding hydrogens is 322 g/mol. The molecule has 0 saturated heterocycles. The minimum absolute atomic E-state index is 0.0476. The summed E-state index contributed by atoms with van der Waals surface area (Å²) < 4.78 is 0. The minimum atomic E-state index is -0.237. The van der Waals surface area contributed by atoms with E-state index < -0.39 is 0 Å². The molecule has 0 aliphatic rings. The number of amides is 2. The molecule has 0 aliphatic carbocycles. The van der Waals surface area contributed by atoms with Gasteiger partial charge in [0.1, 0.15) is 0 Å². The third-order valence-corrected chi connectivity index (χ3v) is 4.64. The van der Waals surface area contributed by atoms with Gasteiger partial charge in [0.25, 0.3) is 5.91 Å². The van der Waals surface area contributed by atoms with Gasteiger partial charge in [-0.3, -0.25) is 9.59 Å². The molecule has 0 saturated carbocycles. The molecule has 5 nitrogen and oxygen atoms in total. The number of rotatable bonds is 7. The molecule has 1 aromatic heterocycles. The first-order chi connectivity index (χ1) is 11.5. The van der Waals surface area contributed by atoms with Crippen molar-refractivity contribution in [2.24, 2.45) is 0 Å². The lowest BCUT2D eigenvalue weighted by Crippen LogP contribution is -2.32. The van der Waals surface area contributed by atoms with Gasteiger partial charge in [0.05, 0.1) is 11.4 Å². The van der Waals surface area contributed by atoms with Gasteiger partial charge in [-0.05, 0) is 56.0 Å². The van der Waals surface area contributed by atoms with Gasteiger partial charge in [-0.25, -0.2) is 0 Å². The summed E-state index contributed by atoms with van der Waals surface area (Å²) in [5.41, 5.74) is 2.90. The highest BCUT2D eigenvalue weighted by Crippen LogP contribution is 2.22. The van der Waals surface area contributed by atoms with E-state index in [0.29, 0.717) is 4.88 Å². The Bertz CT molecular complexity index is 694. The average Bonchev–Trinajstić information content (AvgIpc) is 3.11. The number of carbonyl (C=O) groups is 2. The number of nitrogens with zero attached hydrogens (tertiary/aromatic N) is 1. The van der Waals surface area contributed by atoms with Crippen molar-refractivity contribution >= 4 is 34.5 Å². The molecule has 2 rings (SSSR count). The fourth-order valence-electron chi connectivity index (χ4n) is 2.42. The van der Waals surface area contributed by atoms with Crippen LogP contribution in [0, 0.1) is 6.92 Å². The van der Waals surface area contributed by atoms with Crippen LogP contribution >= 0.6 is 11.3 Å². The van der Waals surface area contributed by atoms with Gasteiger partial charge in [0.2, 0.25) is 5.91 Å². The van der Waals surface area contributed by atoms with Crippen molar-refractivity contribution in [1.29, 1.82) is 0 Å². The maximum atomic E-state index is 12.0. The molecule has 1 heterocycles. The van der Waals surface area contributed by atoms with Crippen LogP contribution in [-0.2, 0) is 4.79 Å².